The third-order valence-corrected chi connectivity index (χ3v) is 3.45. The van der Waals surface area contributed by atoms with Gasteiger partial charge in [-0.15, -0.1) is 0 Å². The molecule has 104 valence electrons. The zero-order valence-corrected chi connectivity index (χ0v) is 12.2. The number of carbonyl (C=O) groups is 1. The lowest BCUT2D eigenvalue weighted by molar-refractivity contribution is -0.0856. The Balaban J connectivity index is 2.06. The van der Waals surface area contributed by atoms with Gasteiger partial charge in [-0.05, 0) is 26.0 Å². The molecule has 1 saturated heterocycles. The molecule has 1 aromatic heterocycles. The number of hydrogen-bond donors (Lipinski definition) is 0. The van der Waals surface area contributed by atoms with Crippen LogP contribution in [0, 0.1) is 0 Å². The number of rotatable bonds is 2. The molecule has 1 aliphatic heterocycles. The van der Waals surface area contributed by atoms with Crippen LogP contribution < -0.4 is 0 Å². The molecule has 0 aromatic carbocycles. The summed E-state index contributed by atoms with van der Waals surface area (Å²) in [6.07, 6.45) is 1.32. The van der Waals surface area contributed by atoms with Gasteiger partial charge in [-0.25, -0.2) is 9.78 Å². The first-order valence-corrected chi connectivity index (χ1v) is 6.89. The monoisotopic (exact) mass is 303 g/mol. The zero-order valence-electron chi connectivity index (χ0n) is 10.7. The number of hydrogen-bond acceptors (Lipinski definition) is 4. The van der Waals surface area contributed by atoms with Gasteiger partial charge < -0.3 is 9.47 Å². The molecule has 6 heteroatoms. The van der Waals surface area contributed by atoms with Crippen molar-refractivity contribution in [2.24, 2.45) is 0 Å². The van der Waals surface area contributed by atoms with Crippen LogP contribution in [0.5, 0.6) is 0 Å². The highest BCUT2D eigenvalue weighted by Crippen LogP contribution is 2.24. The average Bonchev–Trinajstić information content (AvgIpc) is 2.30. The van der Waals surface area contributed by atoms with Gasteiger partial charge in [-0.2, -0.15) is 0 Å². The summed E-state index contributed by atoms with van der Waals surface area (Å²) in [6, 6.07) is 3.06. The number of nitrogens with zero attached hydrogens (tertiary/aromatic N) is 1. The Morgan fingerprint density at radius 2 is 1.95 bits per heavy atom. The van der Waals surface area contributed by atoms with E-state index in [0.717, 1.165) is 0 Å². The maximum absolute atomic E-state index is 12.0. The molecule has 0 saturated carbocycles. The predicted octanol–water partition coefficient (Wildman–Crippen LogP) is 3.50. The quantitative estimate of drug-likeness (QED) is 0.620. The van der Waals surface area contributed by atoms with Crippen molar-refractivity contribution >= 4 is 29.2 Å². The fourth-order valence-electron chi connectivity index (χ4n) is 2.21. The molecule has 1 aliphatic rings. The fourth-order valence-corrected chi connectivity index (χ4v) is 2.54. The van der Waals surface area contributed by atoms with Crippen LogP contribution in [-0.4, -0.2) is 29.3 Å². The summed E-state index contributed by atoms with van der Waals surface area (Å²) < 4.78 is 11.0. The first kappa shape index (κ1) is 14.6. The van der Waals surface area contributed by atoms with Crippen molar-refractivity contribution in [3.8, 4) is 0 Å². The molecule has 1 fully saturated rings. The minimum atomic E-state index is -0.543. The first-order valence-electron chi connectivity index (χ1n) is 6.14. The van der Waals surface area contributed by atoms with Crippen LogP contribution in [0.3, 0.4) is 0 Å². The summed E-state index contributed by atoms with van der Waals surface area (Å²) in [5.74, 6) is -0.543. The van der Waals surface area contributed by atoms with Crippen LogP contribution in [0.25, 0.3) is 0 Å². The van der Waals surface area contributed by atoms with Crippen molar-refractivity contribution in [1.29, 1.82) is 0 Å². The van der Waals surface area contributed by atoms with E-state index in [1.54, 1.807) is 0 Å². The minimum absolute atomic E-state index is 0.0564. The lowest BCUT2D eigenvalue weighted by Crippen LogP contribution is -2.35. The highest BCUT2D eigenvalue weighted by atomic mass is 35.5. The van der Waals surface area contributed by atoms with E-state index in [1.807, 2.05) is 13.8 Å². The molecule has 2 atom stereocenters. The highest BCUT2D eigenvalue weighted by Gasteiger charge is 2.28. The van der Waals surface area contributed by atoms with E-state index < -0.39 is 5.97 Å². The van der Waals surface area contributed by atoms with Gasteiger partial charge in [0.05, 0.1) is 17.2 Å². The molecule has 0 bridgehead atoms. The van der Waals surface area contributed by atoms with Crippen LogP contribution in [0.15, 0.2) is 12.1 Å². The maximum Gasteiger partial charge on any atom is 0.358 e. The summed E-state index contributed by atoms with van der Waals surface area (Å²) in [4.78, 5) is 15.9. The van der Waals surface area contributed by atoms with E-state index in [0.29, 0.717) is 12.8 Å². The van der Waals surface area contributed by atoms with Crippen molar-refractivity contribution in [2.45, 2.75) is 45.0 Å². The van der Waals surface area contributed by atoms with Crippen molar-refractivity contribution in [2.75, 3.05) is 0 Å². The largest absolute Gasteiger partial charge is 0.457 e. The molecule has 0 amide bonds. The summed E-state index contributed by atoms with van der Waals surface area (Å²) >= 11 is 11.7. The number of aromatic nitrogens is 1. The van der Waals surface area contributed by atoms with Crippen LogP contribution >= 0.6 is 23.2 Å². The number of esters is 1. The Bertz CT molecular complexity index is 471. The average molecular weight is 304 g/mol. The Kier molecular flexibility index (Phi) is 4.66. The zero-order chi connectivity index (χ0) is 14.0. The topological polar surface area (TPSA) is 48.4 Å². The molecule has 2 rings (SSSR count). The standard InChI is InChI=1S/C13H15Cl2NO3/c1-7-5-9(6-8(2)18-7)19-13(17)12-10(14)3-4-11(15)16-12/h3-4,7-9H,5-6H2,1-2H3. The Labute approximate surface area is 122 Å². The molecule has 19 heavy (non-hydrogen) atoms. The summed E-state index contributed by atoms with van der Waals surface area (Å²) in [5.41, 5.74) is 0.0564. The van der Waals surface area contributed by atoms with Crippen molar-refractivity contribution in [3.05, 3.63) is 28.0 Å². The van der Waals surface area contributed by atoms with Gasteiger partial charge in [0.15, 0.2) is 5.69 Å². The van der Waals surface area contributed by atoms with Gasteiger partial charge in [0, 0.05) is 12.8 Å². The Hall–Kier alpha value is -0.840. The molecule has 2 unspecified atom stereocenters. The van der Waals surface area contributed by atoms with Crippen LogP contribution in [0.4, 0.5) is 0 Å². The van der Waals surface area contributed by atoms with E-state index in [4.69, 9.17) is 32.7 Å². The second kappa shape index (κ2) is 6.07. The molecule has 4 nitrogen and oxygen atoms in total. The third-order valence-electron chi connectivity index (χ3n) is 2.93. The molecule has 0 radical (unpaired) electrons. The number of ether oxygens (including phenoxy) is 2. The maximum atomic E-state index is 12.0. The summed E-state index contributed by atoms with van der Waals surface area (Å²) in [6.45, 7) is 3.92. The highest BCUT2D eigenvalue weighted by molar-refractivity contribution is 6.34. The van der Waals surface area contributed by atoms with Crippen LogP contribution in [-0.2, 0) is 9.47 Å². The smallest absolute Gasteiger partial charge is 0.358 e. The van der Waals surface area contributed by atoms with Gasteiger partial charge in [0.1, 0.15) is 11.3 Å². The second-order valence-electron chi connectivity index (χ2n) is 4.72. The van der Waals surface area contributed by atoms with E-state index in [-0.39, 0.29) is 34.2 Å². The van der Waals surface area contributed by atoms with Crippen LogP contribution in [0.2, 0.25) is 10.2 Å². The summed E-state index contributed by atoms with van der Waals surface area (Å²) in [7, 11) is 0. The van der Waals surface area contributed by atoms with E-state index >= 15 is 0 Å². The molecule has 0 N–H and O–H groups in total. The normalized spacial score (nSPS) is 27.1. The van der Waals surface area contributed by atoms with Gasteiger partial charge in [-0.1, -0.05) is 23.2 Å². The molecule has 1 aromatic rings. The van der Waals surface area contributed by atoms with E-state index in [9.17, 15) is 4.79 Å². The molecular weight excluding hydrogens is 289 g/mol. The van der Waals surface area contributed by atoms with E-state index in [1.165, 1.54) is 12.1 Å². The fraction of sp³-hybridized carbons (Fsp3) is 0.538. The van der Waals surface area contributed by atoms with Gasteiger partial charge in [0.2, 0.25) is 0 Å². The van der Waals surface area contributed by atoms with Crippen molar-refractivity contribution in [1.82, 2.24) is 4.98 Å². The number of carbonyl (C=O) groups excluding carboxylic acids is 1. The lowest BCUT2D eigenvalue weighted by Gasteiger charge is -2.31. The van der Waals surface area contributed by atoms with Gasteiger partial charge >= 0.3 is 5.97 Å². The minimum Gasteiger partial charge on any atom is -0.457 e. The number of pyridine rings is 1. The molecule has 0 aliphatic carbocycles. The van der Waals surface area contributed by atoms with Gasteiger partial charge in [-0.3, -0.25) is 0 Å². The van der Waals surface area contributed by atoms with E-state index in [2.05, 4.69) is 4.98 Å². The van der Waals surface area contributed by atoms with Crippen molar-refractivity contribution in [3.63, 3.8) is 0 Å². The van der Waals surface area contributed by atoms with Gasteiger partial charge in [0.25, 0.3) is 0 Å². The summed E-state index contributed by atoms with van der Waals surface area (Å²) in [5, 5.41) is 0.451. The Morgan fingerprint density at radius 1 is 1.32 bits per heavy atom. The second-order valence-corrected chi connectivity index (χ2v) is 5.51. The molecule has 0 spiro atoms. The Morgan fingerprint density at radius 3 is 2.58 bits per heavy atom. The predicted molar refractivity (Wildman–Crippen MR) is 72.7 cm³/mol. The SMILES string of the molecule is CC1CC(OC(=O)c2nc(Cl)ccc2Cl)CC(C)O1. The lowest BCUT2D eigenvalue weighted by atomic mass is 10.0. The molecular formula is C13H15Cl2NO3. The first-order chi connectivity index (χ1) is 8.95. The van der Waals surface area contributed by atoms with Crippen LogP contribution in [0.1, 0.15) is 37.2 Å². The van der Waals surface area contributed by atoms with Crippen molar-refractivity contribution < 1.29 is 14.3 Å². The number of halogens is 2. The third kappa shape index (κ3) is 3.81. The molecule has 2 heterocycles.